The average Bonchev–Trinajstić information content (AvgIpc) is 2.36. The molecule has 0 aliphatic carbocycles. The molecule has 100 valence electrons. The molecule has 4 heteroatoms. The molecule has 0 saturated carbocycles. The van der Waals surface area contributed by atoms with Gasteiger partial charge in [-0.2, -0.15) is 0 Å². The van der Waals surface area contributed by atoms with Gasteiger partial charge in [-0.15, -0.1) is 0 Å². The van der Waals surface area contributed by atoms with Crippen LogP contribution in [-0.2, 0) is 4.79 Å². The monoisotopic (exact) mass is 268 g/mol. The number of carbonyl (C=O) groups excluding carboxylic acids is 1. The fraction of sp³-hybridized carbons (Fsp3) is 0.500. The van der Waals surface area contributed by atoms with Crippen LogP contribution in [0.1, 0.15) is 32.3 Å². The van der Waals surface area contributed by atoms with Crippen molar-refractivity contribution in [2.75, 3.05) is 11.9 Å². The van der Waals surface area contributed by atoms with Gasteiger partial charge in [-0.05, 0) is 43.5 Å². The Morgan fingerprint density at radius 3 is 2.44 bits per heavy atom. The van der Waals surface area contributed by atoms with E-state index in [1.807, 2.05) is 32.9 Å². The van der Waals surface area contributed by atoms with E-state index in [0.29, 0.717) is 11.6 Å². The van der Waals surface area contributed by atoms with Crippen LogP contribution in [0.15, 0.2) is 18.2 Å². The molecule has 0 fully saturated rings. The van der Waals surface area contributed by atoms with Crippen molar-refractivity contribution in [3.63, 3.8) is 0 Å². The average molecular weight is 269 g/mol. The summed E-state index contributed by atoms with van der Waals surface area (Å²) in [5.74, 6) is -0.0135. The normalized spacial score (nSPS) is 11.4. The van der Waals surface area contributed by atoms with Gasteiger partial charge in [0.15, 0.2) is 0 Å². The third-order valence-corrected chi connectivity index (χ3v) is 3.90. The lowest BCUT2D eigenvalue weighted by Gasteiger charge is -2.28. The highest BCUT2D eigenvalue weighted by molar-refractivity contribution is 6.30. The van der Waals surface area contributed by atoms with Gasteiger partial charge >= 0.3 is 0 Å². The number of halogens is 1. The molecular weight excluding hydrogens is 248 g/mol. The smallest absolute Gasteiger partial charge is 0.231 e. The predicted molar refractivity (Wildman–Crippen MR) is 76.9 cm³/mol. The minimum atomic E-state index is -0.480. The van der Waals surface area contributed by atoms with Gasteiger partial charge in [-0.3, -0.25) is 4.79 Å². The Hall–Kier alpha value is -1.06. The number of aryl methyl sites for hydroxylation is 1. The van der Waals surface area contributed by atoms with Crippen LogP contribution in [0.4, 0.5) is 5.69 Å². The summed E-state index contributed by atoms with van der Waals surface area (Å²) >= 11 is 5.89. The van der Waals surface area contributed by atoms with Gasteiger partial charge in [0, 0.05) is 17.3 Å². The third kappa shape index (κ3) is 3.03. The first-order valence-corrected chi connectivity index (χ1v) is 6.64. The van der Waals surface area contributed by atoms with Crippen molar-refractivity contribution in [3.8, 4) is 0 Å². The fourth-order valence-electron chi connectivity index (χ4n) is 1.97. The molecule has 3 N–H and O–H groups in total. The Kier molecular flexibility index (Phi) is 5.17. The lowest BCUT2D eigenvalue weighted by molar-refractivity contribution is -0.125. The summed E-state index contributed by atoms with van der Waals surface area (Å²) in [4.78, 5) is 12.3. The minimum Gasteiger partial charge on any atom is -0.329 e. The fourth-order valence-corrected chi connectivity index (χ4v) is 2.20. The van der Waals surface area contributed by atoms with Crippen LogP contribution in [0.2, 0.25) is 5.02 Å². The standard InChI is InChI=1S/C14H21ClN2O/c1-4-14(5-2,9-16)13(18)17-12-7-6-11(15)8-10(12)3/h6-8H,4-5,9,16H2,1-3H3,(H,17,18). The lowest BCUT2D eigenvalue weighted by Crippen LogP contribution is -2.41. The number of rotatable bonds is 5. The SMILES string of the molecule is CCC(CC)(CN)C(=O)Nc1ccc(Cl)cc1C. The second-order valence-electron chi connectivity index (χ2n) is 4.60. The van der Waals surface area contributed by atoms with E-state index >= 15 is 0 Å². The number of hydrogen-bond acceptors (Lipinski definition) is 2. The van der Waals surface area contributed by atoms with E-state index in [1.54, 1.807) is 6.07 Å². The van der Waals surface area contributed by atoms with Gasteiger partial charge in [-0.25, -0.2) is 0 Å². The Morgan fingerprint density at radius 2 is 2.00 bits per heavy atom. The van der Waals surface area contributed by atoms with Crippen molar-refractivity contribution in [2.24, 2.45) is 11.1 Å². The van der Waals surface area contributed by atoms with Crippen LogP contribution < -0.4 is 11.1 Å². The summed E-state index contributed by atoms with van der Waals surface area (Å²) in [7, 11) is 0. The summed E-state index contributed by atoms with van der Waals surface area (Å²) in [6.07, 6.45) is 1.47. The van der Waals surface area contributed by atoms with Crippen molar-refractivity contribution >= 4 is 23.2 Å². The number of hydrogen-bond donors (Lipinski definition) is 2. The second-order valence-corrected chi connectivity index (χ2v) is 5.04. The molecule has 0 heterocycles. The molecule has 0 bridgehead atoms. The largest absolute Gasteiger partial charge is 0.329 e. The van der Waals surface area contributed by atoms with Crippen molar-refractivity contribution in [2.45, 2.75) is 33.6 Å². The predicted octanol–water partition coefficient (Wildman–Crippen LogP) is 3.35. The van der Waals surface area contributed by atoms with Crippen LogP contribution in [0.25, 0.3) is 0 Å². The highest BCUT2D eigenvalue weighted by atomic mass is 35.5. The van der Waals surface area contributed by atoms with Gasteiger partial charge in [0.05, 0.1) is 5.41 Å². The molecule has 0 radical (unpaired) electrons. The number of amides is 1. The molecule has 1 aromatic rings. The summed E-state index contributed by atoms with van der Waals surface area (Å²) < 4.78 is 0. The molecule has 0 aliphatic rings. The molecule has 1 aromatic carbocycles. The van der Waals surface area contributed by atoms with E-state index in [0.717, 1.165) is 24.1 Å². The van der Waals surface area contributed by atoms with Gasteiger partial charge < -0.3 is 11.1 Å². The molecular formula is C14H21ClN2O. The van der Waals surface area contributed by atoms with Gasteiger partial charge in [0.2, 0.25) is 5.91 Å². The Labute approximate surface area is 114 Å². The highest BCUT2D eigenvalue weighted by Gasteiger charge is 2.33. The lowest BCUT2D eigenvalue weighted by atomic mass is 9.81. The van der Waals surface area contributed by atoms with E-state index in [9.17, 15) is 4.79 Å². The molecule has 1 rings (SSSR count). The molecule has 0 spiro atoms. The topological polar surface area (TPSA) is 55.1 Å². The van der Waals surface area contributed by atoms with E-state index in [-0.39, 0.29) is 5.91 Å². The van der Waals surface area contributed by atoms with Crippen LogP contribution in [0.3, 0.4) is 0 Å². The first-order chi connectivity index (χ1) is 8.49. The van der Waals surface area contributed by atoms with Crippen LogP contribution in [0, 0.1) is 12.3 Å². The number of carbonyl (C=O) groups is 1. The molecule has 3 nitrogen and oxygen atoms in total. The number of benzene rings is 1. The zero-order valence-electron chi connectivity index (χ0n) is 11.2. The quantitative estimate of drug-likeness (QED) is 0.860. The van der Waals surface area contributed by atoms with E-state index < -0.39 is 5.41 Å². The summed E-state index contributed by atoms with van der Waals surface area (Å²) in [5.41, 5.74) is 7.03. The second kappa shape index (κ2) is 6.21. The van der Waals surface area contributed by atoms with E-state index in [2.05, 4.69) is 5.32 Å². The van der Waals surface area contributed by atoms with Crippen molar-refractivity contribution in [3.05, 3.63) is 28.8 Å². The molecule has 1 amide bonds. The zero-order valence-corrected chi connectivity index (χ0v) is 12.0. The van der Waals surface area contributed by atoms with Crippen LogP contribution >= 0.6 is 11.6 Å². The molecule has 0 aromatic heterocycles. The number of nitrogens with two attached hydrogens (primary N) is 1. The summed E-state index contributed by atoms with van der Waals surface area (Å²) in [6.45, 7) is 6.26. The Balaban J connectivity index is 2.93. The first-order valence-electron chi connectivity index (χ1n) is 6.26. The maximum atomic E-state index is 12.3. The van der Waals surface area contributed by atoms with Crippen molar-refractivity contribution in [1.29, 1.82) is 0 Å². The number of anilines is 1. The molecule has 0 aliphatic heterocycles. The third-order valence-electron chi connectivity index (χ3n) is 3.66. The molecule has 0 saturated heterocycles. The molecule has 0 atom stereocenters. The summed E-state index contributed by atoms with van der Waals surface area (Å²) in [5, 5.41) is 3.62. The van der Waals surface area contributed by atoms with Crippen LogP contribution in [-0.4, -0.2) is 12.5 Å². The molecule has 18 heavy (non-hydrogen) atoms. The van der Waals surface area contributed by atoms with Crippen LogP contribution in [0.5, 0.6) is 0 Å². The Morgan fingerprint density at radius 1 is 1.39 bits per heavy atom. The van der Waals surface area contributed by atoms with E-state index in [4.69, 9.17) is 17.3 Å². The first kappa shape index (κ1) is 15.0. The number of nitrogens with one attached hydrogen (secondary N) is 1. The summed E-state index contributed by atoms with van der Waals surface area (Å²) in [6, 6.07) is 5.42. The van der Waals surface area contributed by atoms with Gasteiger partial charge in [0.1, 0.15) is 0 Å². The van der Waals surface area contributed by atoms with Crippen molar-refractivity contribution < 1.29 is 4.79 Å². The molecule has 0 unspecified atom stereocenters. The maximum absolute atomic E-state index is 12.3. The minimum absolute atomic E-state index is 0.0135. The van der Waals surface area contributed by atoms with Gasteiger partial charge in [0.25, 0.3) is 0 Å². The van der Waals surface area contributed by atoms with Crippen molar-refractivity contribution in [1.82, 2.24) is 0 Å². The van der Waals surface area contributed by atoms with Gasteiger partial charge in [-0.1, -0.05) is 25.4 Å². The maximum Gasteiger partial charge on any atom is 0.231 e. The highest BCUT2D eigenvalue weighted by Crippen LogP contribution is 2.28. The van der Waals surface area contributed by atoms with E-state index in [1.165, 1.54) is 0 Å². The zero-order chi connectivity index (χ0) is 13.8. The Bertz CT molecular complexity index is 420.